The first-order valence-corrected chi connectivity index (χ1v) is 3.96. The van der Waals surface area contributed by atoms with E-state index in [1.54, 1.807) is 19.2 Å². The van der Waals surface area contributed by atoms with Crippen molar-refractivity contribution < 1.29 is 4.39 Å². The lowest BCUT2D eigenvalue weighted by Crippen LogP contribution is -2.06. The fourth-order valence-electron chi connectivity index (χ4n) is 1.29. The molecule has 0 aliphatic rings. The second kappa shape index (κ2) is 2.69. The first-order valence-electron chi connectivity index (χ1n) is 3.96. The molecule has 1 aromatic heterocycles. The fraction of sp³-hybridized carbons (Fsp3) is 0.100. The second-order valence-electron chi connectivity index (χ2n) is 2.99. The van der Waals surface area contributed by atoms with E-state index in [4.69, 9.17) is 0 Å². The molecule has 0 spiro atoms. The summed E-state index contributed by atoms with van der Waals surface area (Å²) in [6.07, 6.45) is 1.63. The van der Waals surface area contributed by atoms with Crippen molar-refractivity contribution in [3.63, 3.8) is 0 Å². The van der Waals surface area contributed by atoms with Crippen LogP contribution in [0.15, 0.2) is 29.2 Å². The third-order valence-electron chi connectivity index (χ3n) is 2.03. The largest absolute Gasteiger partial charge is 0.361 e. The summed E-state index contributed by atoms with van der Waals surface area (Å²) in [5.41, 5.74) is 1.14. The van der Waals surface area contributed by atoms with E-state index in [0.717, 1.165) is 0 Å². The van der Waals surface area contributed by atoms with Gasteiger partial charge >= 0.3 is 0 Å². The number of nitrogens with one attached hydrogen (secondary N) is 1. The molecule has 66 valence electrons. The van der Waals surface area contributed by atoms with Gasteiger partial charge in [-0.25, -0.2) is 4.39 Å². The summed E-state index contributed by atoms with van der Waals surface area (Å²) in [5.74, 6) is -0.386. The van der Waals surface area contributed by atoms with E-state index in [1.165, 1.54) is 12.1 Å². The normalized spacial score (nSPS) is 10.6. The molecule has 0 amide bonds. The van der Waals surface area contributed by atoms with Gasteiger partial charge < -0.3 is 4.98 Å². The second-order valence-corrected chi connectivity index (χ2v) is 2.99. The van der Waals surface area contributed by atoms with Gasteiger partial charge in [0.05, 0.1) is 0 Å². The Kier molecular flexibility index (Phi) is 1.65. The predicted molar refractivity (Wildman–Crippen MR) is 49.3 cm³/mol. The van der Waals surface area contributed by atoms with Gasteiger partial charge in [-0.3, -0.25) is 4.79 Å². The monoisotopic (exact) mass is 177 g/mol. The van der Waals surface area contributed by atoms with E-state index in [0.29, 0.717) is 16.5 Å². The lowest BCUT2D eigenvalue weighted by molar-refractivity contribution is 0.629. The van der Waals surface area contributed by atoms with Crippen molar-refractivity contribution in [1.82, 2.24) is 4.98 Å². The molecule has 1 heterocycles. The van der Waals surface area contributed by atoms with Gasteiger partial charge in [0.25, 0.3) is 0 Å². The van der Waals surface area contributed by atoms with Crippen molar-refractivity contribution in [2.45, 2.75) is 6.92 Å². The zero-order valence-electron chi connectivity index (χ0n) is 7.10. The minimum absolute atomic E-state index is 0.117. The Balaban J connectivity index is 2.97. The molecule has 0 bridgehead atoms. The van der Waals surface area contributed by atoms with Crippen molar-refractivity contribution in [2.75, 3.05) is 0 Å². The van der Waals surface area contributed by atoms with Gasteiger partial charge in [0.2, 0.25) is 0 Å². The minimum Gasteiger partial charge on any atom is -0.361 e. The summed E-state index contributed by atoms with van der Waals surface area (Å²) in [7, 11) is 0. The quantitative estimate of drug-likeness (QED) is 0.655. The van der Waals surface area contributed by atoms with Gasteiger partial charge in [0.1, 0.15) is 5.82 Å². The molecule has 1 N–H and O–H groups in total. The third kappa shape index (κ3) is 1.22. The van der Waals surface area contributed by atoms with Crippen molar-refractivity contribution >= 4 is 10.9 Å². The molecule has 0 unspecified atom stereocenters. The number of aryl methyl sites for hydroxylation is 1. The van der Waals surface area contributed by atoms with Crippen LogP contribution in [0.25, 0.3) is 10.9 Å². The molecule has 3 heteroatoms. The molecular formula is C10H8FNO. The number of aromatic nitrogens is 1. The van der Waals surface area contributed by atoms with E-state index in [9.17, 15) is 9.18 Å². The Morgan fingerprint density at radius 2 is 2.15 bits per heavy atom. The van der Waals surface area contributed by atoms with Crippen molar-refractivity contribution in [1.29, 1.82) is 0 Å². The Morgan fingerprint density at radius 1 is 1.38 bits per heavy atom. The zero-order chi connectivity index (χ0) is 9.42. The van der Waals surface area contributed by atoms with Crippen LogP contribution < -0.4 is 5.43 Å². The molecule has 13 heavy (non-hydrogen) atoms. The number of H-pyrrole nitrogens is 1. The van der Waals surface area contributed by atoms with Gasteiger partial charge in [-0.1, -0.05) is 0 Å². The van der Waals surface area contributed by atoms with Crippen molar-refractivity contribution in [3.8, 4) is 0 Å². The molecule has 0 saturated heterocycles. The lowest BCUT2D eigenvalue weighted by atomic mass is 10.1. The van der Waals surface area contributed by atoms with Gasteiger partial charge in [-0.15, -0.1) is 0 Å². The molecular weight excluding hydrogens is 169 g/mol. The average molecular weight is 177 g/mol. The maximum absolute atomic E-state index is 12.8. The highest BCUT2D eigenvalue weighted by Gasteiger charge is 2.01. The number of hydrogen-bond acceptors (Lipinski definition) is 1. The van der Waals surface area contributed by atoms with E-state index < -0.39 is 0 Å². The highest BCUT2D eigenvalue weighted by molar-refractivity contribution is 5.78. The van der Waals surface area contributed by atoms with Crippen LogP contribution in [-0.4, -0.2) is 4.98 Å². The Hall–Kier alpha value is -1.64. The highest BCUT2D eigenvalue weighted by Crippen LogP contribution is 2.09. The molecule has 2 nitrogen and oxygen atoms in total. The predicted octanol–water partition coefficient (Wildman–Crippen LogP) is 1.98. The third-order valence-corrected chi connectivity index (χ3v) is 2.03. The summed E-state index contributed by atoms with van der Waals surface area (Å²) in [6.45, 7) is 1.70. The van der Waals surface area contributed by atoms with Crippen molar-refractivity contribution in [2.24, 2.45) is 0 Å². The van der Waals surface area contributed by atoms with E-state index >= 15 is 0 Å². The van der Waals surface area contributed by atoms with Gasteiger partial charge in [0, 0.05) is 22.7 Å². The molecule has 0 saturated carbocycles. The summed E-state index contributed by atoms with van der Waals surface area (Å²) in [6, 6.07) is 4.14. The molecule has 0 aliphatic carbocycles. The summed E-state index contributed by atoms with van der Waals surface area (Å²) >= 11 is 0. The summed E-state index contributed by atoms with van der Waals surface area (Å²) < 4.78 is 12.8. The number of benzene rings is 1. The molecule has 0 atom stereocenters. The Bertz CT molecular complexity index is 511. The van der Waals surface area contributed by atoms with Crippen molar-refractivity contribution in [3.05, 3.63) is 46.0 Å². The minimum atomic E-state index is -0.386. The van der Waals surface area contributed by atoms with Gasteiger partial charge in [-0.2, -0.15) is 0 Å². The molecule has 2 rings (SSSR count). The van der Waals surface area contributed by atoms with Gasteiger partial charge in [0.15, 0.2) is 5.43 Å². The molecule has 0 radical (unpaired) electrons. The van der Waals surface area contributed by atoms with Crippen LogP contribution in [-0.2, 0) is 0 Å². The van der Waals surface area contributed by atoms with Crippen LogP contribution in [0.4, 0.5) is 4.39 Å². The van der Waals surface area contributed by atoms with Crippen LogP contribution in [0.3, 0.4) is 0 Å². The average Bonchev–Trinajstić information content (AvgIpc) is 2.12. The van der Waals surface area contributed by atoms with Gasteiger partial charge in [-0.05, 0) is 25.1 Å². The summed E-state index contributed by atoms with van der Waals surface area (Å²) in [4.78, 5) is 14.4. The molecule has 0 aliphatic heterocycles. The van der Waals surface area contributed by atoms with E-state index in [2.05, 4.69) is 4.98 Å². The standard InChI is InChI=1S/C10H8FNO/c1-6-5-12-9-3-2-7(11)4-8(9)10(6)13/h2-5H,1H3,(H,12,13). The van der Waals surface area contributed by atoms with E-state index in [1.807, 2.05) is 0 Å². The Labute approximate surface area is 74.0 Å². The molecule has 2 aromatic rings. The van der Waals surface area contributed by atoms with Crippen LogP contribution >= 0.6 is 0 Å². The van der Waals surface area contributed by atoms with Crippen LogP contribution in [0.5, 0.6) is 0 Å². The maximum atomic E-state index is 12.8. The number of pyridine rings is 1. The smallest absolute Gasteiger partial charge is 0.192 e. The number of aromatic amines is 1. The number of hydrogen-bond donors (Lipinski definition) is 1. The highest BCUT2D eigenvalue weighted by atomic mass is 19.1. The Morgan fingerprint density at radius 3 is 2.92 bits per heavy atom. The molecule has 1 aromatic carbocycles. The van der Waals surface area contributed by atoms with Crippen LogP contribution in [0.2, 0.25) is 0 Å². The first kappa shape index (κ1) is 7.98. The first-order chi connectivity index (χ1) is 6.18. The molecule has 0 fully saturated rings. The van der Waals surface area contributed by atoms with E-state index in [-0.39, 0.29) is 11.2 Å². The number of rotatable bonds is 0. The van der Waals surface area contributed by atoms with Crippen LogP contribution in [0.1, 0.15) is 5.56 Å². The SMILES string of the molecule is Cc1c[nH]c2ccc(F)cc2c1=O. The topological polar surface area (TPSA) is 32.9 Å². The lowest BCUT2D eigenvalue weighted by Gasteiger charge is -1.98. The zero-order valence-corrected chi connectivity index (χ0v) is 7.10. The van der Waals surface area contributed by atoms with Crippen LogP contribution in [0, 0.1) is 12.7 Å². The fourth-order valence-corrected chi connectivity index (χ4v) is 1.29. The maximum Gasteiger partial charge on any atom is 0.192 e. The summed E-state index contributed by atoms with van der Waals surface area (Å²) in [5, 5.41) is 0.403. The number of fused-ring (bicyclic) bond motifs is 1. The number of halogens is 1.